The van der Waals surface area contributed by atoms with Crippen molar-refractivity contribution < 1.29 is 24.5 Å². The largest absolute Gasteiger partial charge is 0.493 e. The van der Waals surface area contributed by atoms with Crippen molar-refractivity contribution in [3.05, 3.63) is 23.8 Å². The smallest absolute Gasteiger partial charge is 0.248 e. The summed E-state index contributed by atoms with van der Waals surface area (Å²) in [5.74, 6) is 2.89. The number of nitrogens with zero attached hydrogens (tertiary/aromatic N) is 1. The molecule has 1 saturated heterocycles. The zero-order valence-electron chi connectivity index (χ0n) is 21.2. The highest BCUT2D eigenvalue weighted by Crippen LogP contribution is 2.47. The van der Waals surface area contributed by atoms with Crippen molar-refractivity contribution in [3.8, 4) is 11.5 Å². The Kier molecular flexibility index (Phi) is 8.08. The van der Waals surface area contributed by atoms with Gasteiger partial charge >= 0.3 is 0 Å². The first-order chi connectivity index (χ1) is 16.4. The van der Waals surface area contributed by atoms with Crippen LogP contribution in [0, 0.1) is 17.3 Å². The van der Waals surface area contributed by atoms with Crippen LogP contribution in [0.5, 0.6) is 11.5 Å². The minimum atomic E-state index is -0.601. The minimum absolute atomic E-state index is 0.0571. The second kappa shape index (κ2) is 10.9. The summed E-state index contributed by atoms with van der Waals surface area (Å²) in [5.41, 5.74) is 0.526. The van der Waals surface area contributed by atoms with E-state index in [1.807, 2.05) is 25.1 Å². The quantitative estimate of drug-likeness (QED) is 0.609. The number of aliphatic hydroxyl groups is 2. The zero-order valence-corrected chi connectivity index (χ0v) is 21.2. The molecule has 2 unspecified atom stereocenters. The lowest BCUT2D eigenvalue weighted by Gasteiger charge is -2.36. The molecule has 1 aliphatic heterocycles. The molecule has 2 aliphatic carbocycles. The second-order valence-electron chi connectivity index (χ2n) is 11.1. The third-order valence-corrected chi connectivity index (χ3v) is 9.09. The SMILES string of the molecule is COc1ccc(C2CN(C(=O)CO)CC2(C)[C@H](C)O)cc1OC1CCC(C2CCCCC2)CC1. The lowest BCUT2D eigenvalue weighted by Crippen LogP contribution is -2.38. The monoisotopic (exact) mass is 473 g/mol. The highest BCUT2D eigenvalue weighted by atomic mass is 16.5. The van der Waals surface area contributed by atoms with Crippen molar-refractivity contribution >= 4 is 5.91 Å². The van der Waals surface area contributed by atoms with E-state index in [1.165, 1.54) is 44.9 Å². The molecule has 1 amide bonds. The summed E-state index contributed by atoms with van der Waals surface area (Å²) in [7, 11) is 1.67. The third kappa shape index (κ3) is 5.23. The summed E-state index contributed by atoms with van der Waals surface area (Å²) in [6.45, 7) is 4.18. The molecular formula is C28H43NO5. The van der Waals surface area contributed by atoms with Crippen LogP contribution in [0.3, 0.4) is 0 Å². The number of rotatable bonds is 7. The molecule has 1 heterocycles. The lowest BCUT2D eigenvalue weighted by atomic mass is 9.72. The van der Waals surface area contributed by atoms with Crippen LogP contribution in [-0.2, 0) is 4.79 Å². The Morgan fingerprint density at radius 3 is 2.38 bits per heavy atom. The number of amides is 1. The number of hydrogen-bond donors (Lipinski definition) is 2. The molecule has 6 nitrogen and oxygen atoms in total. The van der Waals surface area contributed by atoms with E-state index in [2.05, 4.69) is 0 Å². The highest BCUT2D eigenvalue weighted by molar-refractivity contribution is 5.77. The van der Waals surface area contributed by atoms with Crippen LogP contribution in [0.2, 0.25) is 0 Å². The third-order valence-electron chi connectivity index (χ3n) is 9.09. The van der Waals surface area contributed by atoms with Gasteiger partial charge in [0.1, 0.15) is 6.61 Å². The van der Waals surface area contributed by atoms with Crippen LogP contribution in [0.1, 0.15) is 83.1 Å². The topological polar surface area (TPSA) is 79.2 Å². The van der Waals surface area contributed by atoms with Crippen LogP contribution >= 0.6 is 0 Å². The van der Waals surface area contributed by atoms with Gasteiger partial charge in [-0.2, -0.15) is 0 Å². The number of benzene rings is 1. The predicted molar refractivity (Wildman–Crippen MR) is 132 cm³/mol. The molecule has 0 bridgehead atoms. The summed E-state index contributed by atoms with van der Waals surface area (Å²) in [6.07, 6.45) is 11.3. The molecule has 2 N–H and O–H groups in total. The number of carbonyl (C=O) groups excluding carboxylic acids is 1. The van der Waals surface area contributed by atoms with Crippen molar-refractivity contribution in [3.63, 3.8) is 0 Å². The zero-order chi connectivity index (χ0) is 24.3. The number of ether oxygens (including phenoxy) is 2. The van der Waals surface area contributed by atoms with Crippen LogP contribution in [0.15, 0.2) is 18.2 Å². The Balaban J connectivity index is 1.48. The van der Waals surface area contributed by atoms with Gasteiger partial charge in [0, 0.05) is 24.4 Å². The molecule has 3 atom stereocenters. The van der Waals surface area contributed by atoms with Crippen molar-refractivity contribution in [2.75, 3.05) is 26.8 Å². The van der Waals surface area contributed by atoms with E-state index in [0.717, 1.165) is 41.7 Å². The van der Waals surface area contributed by atoms with Gasteiger partial charge in [0.15, 0.2) is 11.5 Å². The average molecular weight is 474 g/mol. The van der Waals surface area contributed by atoms with E-state index in [0.29, 0.717) is 13.1 Å². The molecule has 6 heteroatoms. The molecule has 1 aromatic carbocycles. The lowest BCUT2D eigenvalue weighted by molar-refractivity contribution is -0.133. The first-order valence-electron chi connectivity index (χ1n) is 13.3. The fourth-order valence-corrected chi connectivity index (χ4v) is 6.68. The van der Waals surface area contributed by atoms with Gasteiger partial charge in [0.25, 0.3) is 0 Å². The summed E-state index contributed by atoms with van der Waals surface area (Å²) in [5, 5.41) is 20.0. The van der Waals surface area contributed by atoms with E-state index in [-0.39, 0.29) is 17.9 Å². The molecule has 34 heavy (non-hydrogen) atoms. The molecule has 0 aromatic heterocycles. The van der Waals surface area contributed by atoms with Crippen LogP contribution in [-0.4, -0.2) is 60.0 Å². The van der Waals surface area contributed by atoms with Gasteiger partial charge in [-0.3, -0.25) is 4.79 Å². The van der Waals surface area contributed by atoms with Crippen molar-refractivity contribution in [1.82, 2.24) is 4.90 Å². The highest BCUT2D eigenvalue weighted by Gasteiger charge is 2.48. The van der Waals surface area contributed by atoms with E-state index < -0.39 is 18.1 Å². The van der Waals surface area contributed by atoms with E-state index >= 15 is 0 Å². The maximum Gasteiger partial charge on any atom is 0.248 e. The Morgan fingerprint density at radius 2 is 1.76 bits per heavy atom. The molecule has 0 radical (unpaired) electrons. The van der Waals surface area contributed by atoms with E-state index in [9.17, 15) is 15.0 Å². The standard InChI is InChI=1S/C28H43NO5/c1-19(31)28(2)18-29(27(32)17-30)16-24(28)22-11-14-25(33-3)26(15-22)34-23-12-9-21(10-13-23)20-7-5-4-6-8-20/h11,14-15,19-21,23-24,30-31H,4-10,12-13,16-18H2,1-3H3/t19-,21?,23?,24?,28?/m0/s1. The maximum atomic E-state index is 12.2. The number of likely N-dealkylation sites (tertiary alicyclic amines) is 1. The summed E-state index contributed by atoms with van der Waals surface area (Å²) < 4.78 is 12.2. The van der Waals surface area contributed by atoms with Crippen molar-refractivity contribution in [1.29, 1.82) is 0 Å². The molecule has 1 aromatic rings. The molecule has 3 fully saturated rings. The fourth-order valence-electron chi connectivity index (χ4n) is 6.68. The maximum absolute atomic E-state index is 12.2. The molecule has 2 saturated carbocycles. The molecular weight excluding hydrogens is 430 g/mol. The van der Waals surface area contributed by atoms with Gasteiger partial charge in [0.05, 0.1) is 19.3 Å². The normalized spacial score (nSPS) is 31.3. The van der Waals surface area contributed by atoms with Gasteiger partial charge in [-0.1, -0.05) is 45.1 Å². The van der Waals surface area contributed by atoms with E-state index in [1.54, 1.807) is 18.9 Å². The Morgan fingerprint density at radius 1 is 1.09 bits per heavy atom. The predicted octanol–water partition coefficient (Wildman–Crippen LogP) is 4.52. The molecule has 0 spiro atoms. The van der Waals surface area contributed by atoms with Crippen LogP contribution in [0.4, 0.5) is 0 Å². The Labute approximate surface area is 204 Å². The van der Waals surface area contributed by atoms with Gasteiger partial charge in [-0.05, 0) is 62.1 Å². The van der Waals surface area contributed by atoms with Crippen molar-refractivity contribution in [2.45, 2.75) is 89.8 Å². The Hall–Kier alpha value is -1.79. The number of carbonyl (C=O) groups is 1. The van der Waals surface area contributed by atoms with Crippen molar-refractivity contribution in [2.24, 2.45) is 17.3 Å². The van der Waals surface area contributed by atoms with E-state index in [4.69, 9.17) is 9.47 Å². The first-order valence-corrected chi connectivity index (χ1v) is 13.3. The van der Waals surface area contributed by atoms with Crippen LogP contribution < -0.4 is 9.47 Å². The minimum Gasteiger partial charge on any atom is -0.493 e. The number of hydrogen-bond acceptors (Lipinski definition) is 5. The Bertz CT molecular complexity index is 828. The summed E-state index contributed by atoms with van der Waals surface area (Å²) >= 11 is 0. The van der Waals surface area contributed by atoms with Gasteiger partial charge in [-0.25, -0.2) is 0 Å². The molecule has 4 rings (SSSR count). The number of methoxy groups -OCH3 is 1. The van der Waals surface area contributed by atoms with Crippen LogP contribution in [0.25, 0.3) is 0 Å². The number of aliphatic hydroxyl groups excluding tert-OH is 2. The summed E-state index contributed by atoms with van der Waals surface area (Å²) in [6, 6.07) is 6.01. The fraction of sp³-hybridized carbons (Fsp3) is 0.750. The molecule has 3 aliphatic rings. The molecule has 190 valence electrons. The average Bonchev–Trinajstić information content (AvgIpc) is 3.23. The van der Waals surface area contributed by atoms with Gasteiger partial charge in [-0.15, -0.1) is 0 Å². The second-order valence-corrected chi connectivity index (χ2v) is 11.1. The van der Waals surface area contributed by atoms with Gasteiger partial charge in [0.2, 0.25) is 5.91 Å². The first kappa shape index (κ1) is 25.3. The van der Waals surface area contributed by atoms with Gasteiger partial charge < -0.3 is 24.6 Å². The summed E-state index contributed by atoms with van der Waals surface area (Å²) in [4.78, 5) is 13.9.